The molecule has 0 amide bonds. The lowest BCUT2D eigenvalue weighted by atomic mass is 10.1. The summed E-state index contributed by atoms with van der Waals surface area (Å²) in [7, 11) is 0. The molecule has 0 saturated heterocycles. The fourth-order valence-electron chi connectivity index (χ4n) is 2.59. The topological polar surface area (TPSA) is 39.1 Å². The maximum absolute atomic E-state index is 13.3. The van der Waals surface area contributed by atoms with Gasteiger partial charge in [0, 0.05) is 33.2 Å². The molecule has 0 N–H and O–H groups in total. The van der Waals surface area contributed by atoms with Gasteiger partial charge in [-0.3, -0.25) is 9.59 Å². The smallest absolute Gasteiger partial charge is 0.182 e. The molecular weight excluding hydrogens is 317 g/mol. The van der Waals surface area contributed by atoms with Crippen LogP contribution in [-0.4, -0.2) is 16.6 Å². The number of rotatable bonds is 4. The second-order valence-electron chi connectivity index (χ2n) is 5.38. The number of aryl methyl sites for hydroxylation is 1. The third kappa shape index (κ3) is 2.90. The van der Waals surface area contributed by atoms with Gasteiger partial charge in [-0.1, -0.05) is 11.6 Å². The Balaban J connectivity index is 1.99. The summed E-state index contributed by atoms with van der Waals surface area (Å²) in [5.74, 6) is -0.497. The number of hydrogen-bond acceptors (Lipinski definition) is 2. The summed E-state index contributed by atoms with van der Waals surface area (Å²) >= 11 is 5.96. The molecule has 0 aliphatic rings. The summed E-state index contributed by atoms with van der Waals surface area (Å²) < 4.78 is 15.0. The van der Waals surface area contributed by atoms with Crippen LogP contribution in [0.3, 0.4) is 0 Å². The van der Waals surface area contributed by atoms with E-state index in [1.54, 1.807) is 35.9 Å². The van der Waals surface area contributed by atoms with Crippen LogP contribution in [0.2, 0.25) is 5.02 Å². The quantitative estimate of drug-likeness (QED) is 0.524. The van der Waals surface area contributed by atoms with Gasteiger partial charge < -0.3 is 4.57 Å². The average molecular weight is 330 g/mol. The van der Waals surface area contributed by atoms with Crippen molar-refractivity contribution in [2.75, 3.05) is 0 Å². The van der Waals surface area contributed by atoms with E-state index in [-0.39, 0.29) is 18.1 Å². The van der Waals surface area contributed by atoms with E-state index in [2.05, 4.69) is 0 Å². The van der Waals surface area contributed by atoms with Crippen LogP contribution in [0.4, 0.5) is 4.39 Å². The highest BCUT2D eigenvalue weighted by atomic mass is 35.5. The fraction of sp³-hybridized carbons (Fsp3) is 0.111. The Morgan fingerprint density at radius 2 is 2.04 bits per heavy atom. The highest BCUT2D eigenvalue weighted by Crippen LogP contribution is 2.24. The number of benzene rings is 2. The minimum absolute atomic E-state index is 0.0665. The molecule has 3 rings (SSSR count). The Morgan fingerprint density at radius 3 is 2.74 bits per heavy atom. The molecule has 0 aliphatic carbocycles. The standard InChI is InChI=1S/C18H13ClFNO2/c1-11-6-12(2-4-16(11)20)18(23)9-21-8-13(10-22)15-7-14(19)3-5-17(15)21/h2-8,10H,9H2,1H3. The molecular formula is C18H13ClFNO2. The molecule has 1 heterocycles. The number of ketones is 1. The Hall–Kier alpha value is -2.46. The summed E-state index contributed by atoms with van der Waals surface area (Å²) in [4.78, 5) is 23.6. The van der Waals surface area contributed by atoms with E-state index in [0.717, 1.165) is 11.8 Å². The van der Waals surface area contributed by atoms with Crippen LogP contribution in [0, 0.1) is 12.7 Å². The minimum atomic E-state index is -0.342. The van der Waals surface area contributed by atoms with Gasteiger partial charge in [0.15, 0.2) is 12.1 Å². The Kier molecular flexibility index (Phi) is 4.01. The summed E-state index contributed by atoms with van der Waals surface area (Å²) in [6, 6.07) is 9.46. The fourth-order valence-corrected chi connectivity index (χ4v) is 2.76. The van der Waals surface area contributed by atoms with Gasteiger partial charge in [-0.15, -0.1) is 0 Å². The van der Waals surface area contributed by atoms with E-state index in [1.807, 2.05) is 0 Å². The summed E-state index contributed by atoms with van der Waals surface area (Å²) in [6.07, 6.45) is 2.37. The molecule has 0 radical (unpaired) electrons. The molecule has 0 saturated carbocycles. The van der Waals surface area contributed by atoms with Crippen LogP contribution < -0.4 is 0 Å². The zero-order valence-corrected chi connectivity index (χ0v) is 13.1. The van der Waals surface area contributed by atoms with Gasteiger partial charge in [-0.25, -0.2) is 4.39 Å². The number of carbonyl (C=O) groups is 2. The van der Waals surface area contributed by atoms with Crippen molar-refractivity contribution in [2.24, 2.45) is 0 Å². The molecule has 3 aromatic rings. The number of Topliss-reactive ketones (excluding diaryl/α,β-unsaturated/α-hetero) is 1. The monoisotopic (exact) mass is 329 g/mol. The molecule has 1 aromatic heterocycles. The first-order chi connectivity index (χ1) is 11.0. The van der Waals surface area contributed by atoms with Gasteiger partial charge >= 0.3 is 0 Å². The largest absolute Gasteiger partial charge is 0.339 e. The van der Waals surface area contributed by atoms with E-state index in [0.29, 0.717) is 27.1 Å². The van der Waals surface area contributed by atoms with Crippen LogP contribution >= 0.6 is 11.6 Å². The van der Waals surface area contributed by atoms with Crippen molar-refractivity contribution in [3.05, 3.63) is 70.1 Å². The van der Waals surface area contributed by atoms with E-state index >= 15 is 0 Å². The van der Waals surface area contributed by atoms with Gasteiger partial charge in [0.25, 0.3) is 0 Å². The number of nitrogens with zero attached hydrogens (tertiary/aromatic N) is 1. The molecule has 0 aliphatic heterocycles. The first-order valence-corrected chi connectivity index (χ1v) is 7.40. The van der Waals surface area contributed by atoms with Gasteiger partial charge in [0.2, 0.25) is 0 Å². The van der Waals surface area contributed by atoms with Crippen molar-refractivity contribution in [1.82, 2.24) is 4.57 Å². The van der Waals surface area contributed by atoms with Crippen molar-refractivity contribution in [3.63, 3.8) is 0 Å². The maximum Gasteiger partial charge on any atom is 0.182 e. The van der Waals surface area contributed by atoms with Crippen LogP contribution in [-0.2, 0) is 6.54 Å². The molecule has 3 nitrogen and oxygen atoms in total. The second kappa shape index (κ2) is 5.97. The number of hydrogen-bond donors (Lipinski definition) is 0. The van der Waals surface area contributed by atoms with E-state index in [4.69, 9.17) is 11.6 Å². The second-order valence-corrected chi connectivity index (χ2v) is 5.82. The van der Waals surface area contributed by atoms with Crippen LogP contribution in [0.5, 0.6) is 0 Å². The predicted molar refractivity (Wildman–Crippen MR) is 87.8 cm³/mol. The lowest BCUT2D eigenvalue weighted by molar-refractivity contribution is 0.0972. The Labute approximate surface area is 137 Å². The third-order valence-corrected chi connectivity index (χ3v) is 4.03. The number of carbonyl (C=O) groups excluding carboxylic acids is 2. The number of aldehydes is 1. The van der Waals surface area contributed by atoms with Crippen LogP contribution in [0.25, 0.3) is 10.9 Å². The average Bonchev–Trinajstić information content (AvgIpc) is 2.87. The van der Waals surface area contributed by atoms with E-state index in [9.17, 15) is 14.0 Å². The molecule has 0 spiro atoms. The van der Waals surface area contributed by atoms with Gasteiger partial charge in [0.1, 0.15) is 5.82 Å². The SMILES string of the molecule is Cc1cc(C(=O)Cn2cc(C=O)c3cc(Cl)ccc32)ccc1F. The van der Waals surface area contributed by atoms with Crippen molar-refractivity contribution in [2.45, 2.75) is 13.5 Å². The van der Waals surface area contributed by atoms with Crippen LogP contribution in [0.1, 0.15) is 26.3 Å². The summed E-state index contributed by atoms with van der Waals surface area (Å²) in [6.45, 7) is 1.68. The third-order valence-electron chi connectivity index (χ3n) is 3.79. The molecule has 2 aromatic carbocycles. The van der Waals surface area contributed by atoms with Crippen molar-refractivity contribution >= 4 is 34.6 Å². The molecule has 0 unspecified atom stereocenters. The van der Waals surface area contributed by atoms with E-state index in [1.165, 1.54) is 18.2 Å². The van der Waals surface area contributed by atoms with Gasteiger partial charge in [0.05, 0.1) is 6.54 Å². The molecule has 116 valence electrons. The Morgan fingerprint density at radius 1 is 1.26 bits per heavy atom. The molecule has 0 fully saturated rings. The first-order valence-electron chi connectivity index (χ1n) is 7.02. The molecule has 23 heavy (non-hydrogen) atoms. The van der Waals surface area contributed by atoms with Crippen LogP contribution in [0.15, 0.2) is 42.6 Å². The molecule has 0 atom stereocenters. The number of halogens is 2. The molecule has 5 heteroatoms. The zero-order valence-electron chi connectivity index (χ0n) is 12.3. The Bertz CT molecular complexity index is 930. The maximum atomic E-state index is 13.3. The van der Waals surface area contributed by atoms with Gasteiger partial charge in [-0.2, -0.15) is 0 Å². The lowest BCUT2D eigenvalue weighted by Gasteiger charge is -2.06. The molecule has 0 bridgehead atoms. The first kappa shape index (κ1) is 15.4. The van der Waals surface area contributed by atoms with Gasteiger partial charge in [-0.05, 0) is 48.9 Å². The summed E-state index contributed by atoms with van der Waals surface area (Å²) in [5.41, 5.74) is 2.09. The van der Waals surface area contributed by atoms with Crippen molar-refractivity contribution < 1.29 is 14.0 Å². The van der Waals surface area contributed by atoms with Crippen molar-refractivity contribution in [1.29, 1.82) is 0 Å². The van der Waals surface area contributed by atoms with Crippen molar-refractivity contribution in [3.8, 4) is 0 Å². The lowest BCUT2D eigenvalue weighted by Crippen LogP contribution is -2.10. The number of aromatic nitrogens is 1. The number of fused-ring (bicyclic) bond motifs is 1. The van der Waals surface area contributed by atoms with E-state index < -0.39 is 0 Å². The highest BCUT2D eigenvalue weighted by molar-refractivity contribution is 6.31. The highest BCUT2D eigenvalue weighted by Gasteiger charge is 2.13. The minimum Gasteiger partial charge on any atom is -0.339 e. The zero-order chi connectivity index (χ0) is 16.6. The summed E-state index contributed by atoms with van der Waals surface area (Å²) in [5, 5.41) is 1.23. The predicted octanol–water partition coefficient (Wildman–Crippen LogP) is 4.44. The normalized spacial score (nSPS) is 10.9.